The Hall–Kier alpha value is -2.10. The van der Waals surface area contributed by atoms with Crippen LogP contribution in [0.3, 0.4) is 0 Å². The molecule has 4 heteroatoms. The number of carbonyl (C=O) groups excluding carboxylic acids is 1. The van der Waals surface area contributed by atoms with E-state index in [0.717, 1.165) is 49.2 Å². The van der Waals surface area contributed by atoms with Crippen LogP contribution in [-0.2, 0) is 17.6 Å². The SMILES string of the molecule is Cc1noc(C)c1CC(=O)N1CCCC1CCc1ccccc1. The fourth-order valence-corrected chi connectivity index (χ4v) is 3.45. The van der Waals surface area contributed by atoms with Crippen molar-refractivity contribution in [3.05, 3.63) is 52.9 Å². The molecule has 0 spiro atoms. The molecule has 2 aromatic rings. The normalized spacial score (nSPS) is 17.7. The summed E-state index contributed by atoms with van der Waals surface area (Å²) in [5, 5.41) is 3.95. The molecule has 4 nitrogen and oxygen atoms in total. The molecular formula is C19H24N2O2. The molecule has 1 amide bonds. The van der Waals surface area contributed by atoms with Crippen LogP contribution >= 0.6 is 0 Å². The summed E-state index contributed by atoms with van der Waals surface area (Å²) >= 11 is 0. The van der Waals surface area contributed by atoms with Crippen LogP contribution in [0.1, 0.15) is 41.8 Å². The van der Waals surface area contributed by atoms with Gasteiger partial charge in [0.25, 0.3) is 0 Å². The average Bonchev–Trinajstić information content (AvgIpc) is 3.15. The van der Waals surface area contributed by atoms with Crippen LogP contribution in [0.15, 0.2) is 34.9 Å². The number of aromatic nitrogens is 1. The van der Waals surface area contributed by atoms with Crippen LogP contribution in [0.4, 0.5) is 0 Å². The molecule has 122 valence electrons. The maximum absolute atomic E-state index is 12.7. The van der Waals surface area contributed by atoms with Gasteiger partial charge in [-0.3, -0.25) is 4.79 Å². The number of carbonyl (C=O) groups is 1. The minimum absolute atomic E-state index is 0.204. The van der Waals surface area contributed by atoms with Crippen molar-refractivity contribution in [2.45, 2.75) is 52.0 Å². The standard InChI is InChI=1S/C19H24N2O2/c1-14-18(15(2)23-20-14)13-19(22)21-12-6-9-17(21)11-10-16-7-4-3-5-8-16/h3-5,7-8,17H,6,9-13H2,1-2H3. The van der Waals surface area contributed by atoms with E-state index in [4.69, 9.17) is 4.52 Å². The zero-order chi connectivity index (χ0) is 16.2. The molecule has 1 aromatic heterocycles. The summed E-state index contributed by atoms with van der Waals surface area (Å²) < 4.78 is 5.17. The first-order valence-electron chi connectivity index (χ1n) is 8.40. The van der Waals surface area contributed by atoms with Crippen LogP contribution in [0.2, 0.25) is 0 Å². The Kier molecular flexibility index (Phi) is 4.79. The predicted octanol–water partition coefficient (Wildman–Crippen LogP) is 3.46. The highest BCUT2D eigenvalue weighted by Crippen LogP contribution is 2.24. The Morgan fingerprint density at radius 1 is 1.30 bits per heavy atom. The zero-order valence-electron chi connectivity index (χ0n) is 13.9. The van der Waals surface area contributed by atoms with E-state index in [-0.39, 0.29) is 5.91 Å². The third-order valence-electron chi connectivity index (χ3n) is 4.82. The molecule has 1 aliphatic heterocycles. The second-order valence-electron chi connectivity index (χ2n) is 6.39. The molecule has 0 N–H and O–H groups in total. The Morgan fingerprint density at radius 2 is 2.09 bits per heavy atom. The van der Waals surface area contributed by atoms with Crippen molar-refractivity contribution in [3.63, 3.8) is 0 Å². The van der Waals surface area contributed by atoms with Gasteiger partial charge in [-0.15, -0.1) is 0 Å². The van der Waals surface area contributed by atoms with Gasteiger partial charge in [0.15, 0.2) is 0 Å². The van der Waals surface area contributed by atoms with E-state index < -0.39 is 0 Å². The van der Waals surface area contributed by atoms with E-state index in [1.165, 1.54) is 5.56 Å². The third-order valence-corrected chi connectivity index (χ3v) is 4.82. The first-order chi connectivity index (χ1) is 11.1. The first-order valence-corrected chi connectivity index (χ1v) is 8.40. The van der Waals surface area contributed by atoms with Crippen LogP contribution in [0.25, 0.3) is 0 Å². The number of aryl methyl sites for hydroxylation is 3. The van der Waals surface area contributed by atoms with Crippen molar-refractivity contribution in [1.82, 2.24) is 10.1 Å². The lowest BCUT2D eigenvalue weighted by Gasteiger charge is -2.25. The Labute approximate surface area is 137 Å². The average molecular weight is 312 g/mol. The van der Waals surface area contributed by atoms with Crippen LogP contribution in [-0.4, -0.2) is 28.6 Å². The van der Waals surface area contributed by atoms with Gasteiger partial charge in [0.2, 0.25) is 5.91 Å². The maximum Gasteiger partial charge on any atom is 0.227 e. The number of hydrogen-bond acceptors (Lipinski definition) is 3. The number of nitrogens with zero attached hydrogens (tertiary/aromatic N) is 2. The van der Waals surface area contributed by atoms with Gasteiger partial charge in [0.05, 0.1) is 12.1 Å². The van der Waals surface area contributed by atoms with E-state index in [1.54, 1.807) is 0 Å². The van der Waals surface area contributed by atoms with Crippen LogP contribution < -0.4 is 0 Å². The van der Waals surface area contributed by atoms with Gasteiger partial charge in [-0.2, -0.15) is 0 Å². The lowest BCUT2D eigenvalue weighted by Crippen LogP contribution is -2.37. The maximum atomic E-state index is 12.7. The minimum atomic E-state index is 0.204. The van der Waals surface area contributed by atoms with E-state index in [1.807, 2.05) is 19.9 Å². The minimum Gasteiger partial charge on any atom is -0.361 e. The number of likely N-dealkylation sites (tertiary alicyclic amines) is 1. The molecule has 2 heterocycles. The fraction of sp³-hybridized carbons (Fsp3) is 0.474. The van der Waals surface area contributed by atoms with E-state index in [0.29, 0.717) is 12.5 Å². The molecule has 1 saturated heterocycles. The molecule has 23 heavy (non-hydrogen) atoms. The number of hydrogen-bond donors (Lipinski definition) is 0. The first kappa shape index (κ1) is 15.8. The highest BCUT2D eigenvalue weighted by molar-refractivity contribution is 5.79. The van der Waals surface area contributed by atoms with Gasteiger partial charge in [-0.05, 0) is 45.1 Å². The third kappa shape index (κ3) is 3.63. The Bertz CT molecular complexity index is 644. The molecule has 0 radical (unpaired) electrons. The van der Waals surface area contributed by atoms with Crippen LogP contribution in [0, 0.1) is 13.8 Å². The summed E-state index contributed by atoms with van der Waals surface area (Å²) in [6.45, 7) is 4.65. The lowest BCUT2D eigenvalue weighted by molar-refractivity contribution is -0.131. The summed E-state index contributed by atoms with van der Waals surface area (Å²) in [5.74, 6) is 0.964. The number of benzene rings is 1. The molecule has 1 atom stereocenters. The molecule has 0 saturated carbocycles. The van der Waals surface area contributed by atoms with Crippen molar-refractivity contribution in [1.29, 1.82) is 0 Å². The molecule has 1 aromatic carbocycles. The number of amides is 1. The van der Waals surface area contributed by atoms with Crippen molar-refractivity contribution >= 4 is 5.91 Å². The second kappa shape index (κ2) is 6.99. The van der Waals surface area contributed by atoms with Gasteiger partial charge in [0.1, 0.15) is 5.76 Å². The predicted molar refractivity (Wildman–Crippen MR) is 89.2 cm³/mol. The second-order valence-corrected chi connectivity index (χ2v) is 6.39. The van der Waals surface area contributed by atoms with Gasteiger partial charge in [0, 0.05) is 18.2 Å². The summed E-state index contributed by atoms with van der Waals surface area (Å²) in [7, 11) is 0. The molecule has 0 aliphatic carbocycles. The smallest absolute Gasteiger partial charge is 0.227 e. The fourth-order valence-electron chi connectivity index (χ4n) is 3.45. The van der Waals surface area contributed by atoms with Crippen molar-refractivity contribution in [3.8, 4) is 0 Å². The highest BCUT2D eigenvalue weighted by atomic mass is 16.5. The summed E-state index contributed by atoms with van der Waals surface area (Å²) in [5.41, 5.74) is 3.12. The van der Waals surface area contributed by atoms with E-state index in [9.17, 15) is 4.79 Å². The largest absolute Gasteiger partial charge is 0.361 e. The van der Waals surface area contributed by atoms with E-state index in [2.05, 4.69) is 34.3 Å². The molecular weight excluding hydrogens is 288 g/mol. The molecule has 3 rings (SSSR count). The molecule has 0 bridgehead atoms. The Morgan fingerprint density at radius 3 is 2.78 bits per heavy atom. The summed E-state index contributed by atoms with van der Waals surface area (Å²) in [6.07, 6.45) is 4.69. The topological polar surface area (TPSA) is 46.3 Å². The Balaban J connectivity index is 1.61. The van der Waals surface area contributed by atoms with Gasteiger partial charge >= 0.3 is 0 Å². The van der Waals surface area contributed by atoms with E-state index >= 15 is 0 Å². The molecule has 1 fully saturated rings. The summed E-state index contributed by atoms with van der Waals surface area (Å²) in [6, 6.07) is 10.9. The van der Waals surface area contributed by atoms with Crippen molar-refractivity contribution in [2.24, 2.45) is 0 Å². The molecule has 1 unspecified atom stereocenters. The van der Waals surface area contributed by atoms with Crippen LogP contribution in [0.5, 0.6) is 0 Å². The quantitative estimate of drug-likeness (QED) is 0.849. The monoisotopic (exact) mass is 312 g/mol. The summed E-state index contributed by atoms with van der Waals surface area (Å²) in [4.78, 5) is 14.8. The number of rotatable bonds is 5. The van der Waals surface area contributed by atoms with Crippen molar-refractivity contribution < 1.29 is 9.32 Å². The van der Waals surface area contributed by atoms with Crippen molar-refractivity contribution in [2.75, 3.05) is 6.54 Å². The lowest BCUT2D eigenvalue weighted by atomic mass is 10.0. The van der Waals surface area contributed by atoms with Gasteiger partial charge in [-0.25, -0.2) is 0 Å². The zero-order valence-corrected chi connectivity index (χ0v) is 13.9. The van der Waals surface area contributed by atoms with Gasteiger partial charge in [-0.1, -0.05) is 35.5 Å². The molecule has 1 aliphatic rings. The van der Waals surface area contributed by atoms with Gasteiger partial charge < -0.3 is 9.42 Å². The highest BCUT2D eigenvalue weighted by Gasteiger charge is 2.29.